The summed E-state index contributed by atoms with van der Waals surface area (Å²) in [5.41, 5.74) is 1.20. The third-order valence-electron chi connectivity index (χ3n) is 3.52. The number of rotatable bonds is 4. The second kappa shape index (κ2) is 7.06. The molecule has 0 radical (unpaired) electrons. The molecule has 1 saturated heterocycles. The summed E-state index contributed by atoms with van der Waals surface area (Å²) < 4.78 is 1.07. The van der Waals surface area contributed by atoms with Gasteiger partial charge in [-0.3, -0.25) is 4.79 Å². The number of aryl methyl sites for hydroxylation is 1. The molecule has 0 spiro atoms. The first kappa shape index (κ1) is 14.5. The fraction of sp³-hybridized carbons (Fsp3) is 0.533. The number of amides is 1. The molecule has 2 N–H and O–H groups in total. The predicted octanol–water partition coefficient (Wildman–Crippen LogP) is 2.64. The molecule has 1 aliphatic rings. The minimum atomic E-state index is 0.166. The van der Waals surface area contributed by atoms with Crippen LogP contribution in [0.15, 0.2) is 28.7 Å². The summed E-state index contributed by atoms with van der Waals surface area (Å²) in [5, 5.41) is 6.54. The average molecular weight is 325 g/mol. The molecule has 104 valence electrons. The van der Waals surface area contributed by atoms with Crippen LogP contribution >= 0.6 is 15.9 Å². The van der Waals surface area contributed by atoms with Gasteiger partial charge >= 0.3 is 0 Å². The molecule has 1 fully saturated rings. The van der Waals surface area contributed by atoms with Gasteiger partial charge < -0.3 is 10.6 Å². The van der Waals surface area contributed by atoms with Gasteiger partial charge in [-0.15, -0.1) is 0 Å². The SMILES string of the molecule is CC1CC(NC(=O)CCc2cccc(Br)c2)CCN1. The van der Waals surface area contributed by atoms with E-state index in [1.165, 1.54) is 5.56 Å². The van der Waals surface area contributed by atoms with Gasteiger partial charge in [-0.1, -0.05) is 28.1 Å². The summed E-state index contributed by atoms with van der Waals surface area (Å²) >= 11 is 3.45. The Morgan fingerprint density at radius 3 is 3.11 bits per heavy atom. The first-order valence-electron chi connectivity index (χ1n) is 6.90. The van der Waals surface area contributed by atoms with Crippen LogP contribution in [0, 0.1) is 0 Å². The van der Waals surface area contributed by atoms with Gasteiger partial charge in [0, 0.05) is 23.0 Å². The summed E-state index contributed by atoms with van der Waals surface area (Å²) in [6.45, 7) is 3.16. The summed E-state index contributed by atoms with van der Waals surface area (Å²) in [6, 6.07) is 8.98. The van der Waals surface area contributed by atoms with Crippen molar-refractivity contribution in [3.63, 3.8) is 0 Å². The normalized spacial score (nSPS) is 23.1. The minimum absolute atomic E-state index is 0.166. The minimum Gasteiger partial charge on any atom is -0.353 e. The molecule has 1 aromatic carbocycles. The lowest BCUT2D eigenvalue weighted by atomic mass is 10.0. The largest absolute Gasteiger partial charge is 0.353 e. The van der Waals surface area contributed by atoms with Crippen molar-refractivity contribution in [1.82, 2.24) is 10.6 Å². The van der Waals surface area contributed by atoms with Gasteiger partial charge in [-0.25, -0.2) is 0 Å². The summed E-state index contributed by atoms with van der Waals surface area (Å²) in [6.07, 6.45) is 3.43. The van der Waals surface area contributed by atoms with Crippen LogP contribution in [0.4, 0.5) is 0 Å². The molecular weight excluding hydrogens is 304 g/mol. The van der Waals surface area contributed by atoms with E-state index in [1.807, 2.05) is 12.1 Å². The number of nitrogens with one attached hydrogen (secondary N) is 2. The van der Waals surface area contributed by atoms with E-state index in [0.29, 0.717) is 18.5 Å². The van der Waals surface area contributed by atoms with Gasteiger partial charge in [0.2, 0.25) is 5.91 Å². The van der Waals surface area contributed by atoms with E-state index in [0.717, 1.165) is 30.3 Å². The molecule has 0 saturated carbocycles. The second-order valence-corrected chi connectivity index (χ2v) is 6.19. The molecule has 19 heavy (non-hydrogen) atoms. The van der Waals surface area contributed by atoms with Gasteiger partial charge in [0.1, 0.15) is 0 Å². The highest BCUT2D eigenvalue weighted by molar-refractivity contribution is 9.10. The van der Waals surface area contributed by atoms with Crippen molar-refractivity contribution in [1.29, 1.82) is 0 Å². The van der Waals surface area contributed by atoms with E-state index >= 15 is 0 Å². The Balaban J connectivity index is 1.75. The molecule has 0 aromatic heterocycles. The number of carbonyl (C=O) groups is 1. The second-order valence-electron chi connectivity index (χ2n) is 5.27. The van der Waals surface area contributed by atoms with Crippen molar-refractivity contribution in [2.45, 2.75) is 44.7 Å². The maximum Gasteiger partial charge on any atom is 0.220 e. The van der Waals surface area contributed by atoms with Gasteiger partial charge in [-0.2, -0.15) is 0 Å². The summed E-state index contributed by atoms with van der Waals surface area (Å²) in [7, 11) is 0. The number of benzene rings is 1. The maximum absolute atomic E-state index is 11.9. The number of piperidine rings is 1. The topological polar surface area (TPSA) is 41.1 Å². The van der Waals surface area contributed by atoms with Crippen molar-refractivity contribution in [2.75, 3.05) is 6.54 Å². The van der Waals surface area contributed by atoms with E-state index in [4.69, 9.17) is 0 Å². The average Bonchev–Trinajstić information content (AvgIpc) is 2.36. The van der Waals surface area contributed by atoms with E-state index < -0.39 is 0 Å². The van der Waals surface area contributed by atoms with Crippen LogP contribution in [0.25, 0.3) is 0 Å². The Labute approximate surface area is 123 Å². The zero-order chi connectivity index (χ0) is 13.7. The van der Waals surface area contributed by atoms with Crippen molar-refractivity contribution >= 4 is 21.8 Å². The third kappa shape index (κ3) is 4.96. The highest BCUT2D eigenvalue weighted by Crippen LogP contribution is 2.13. The summed E-state index contributed by atoms with van der Waals surface area (Å²) in [5.74, 6) is 0.166. The zero-order valence-electron chi connectivity index (χ0n) is 11.3. The molecule has 2 rings (SSSR count). The van der Waals surface area contributed by atoms with Crippen LogP contribution in [0.2, 0.25) is 0 Å². The Bertz CT molecular complexity index is 436. The van der Waals surface area contributed by atoms with Crippen LogP contribution in [0.1, 0.15) is 31.7 Å². The Hall–Kier alpha value is -0.870. The van der Waals surface area contributed by atoms with Crippen LogP contribution in [0.3, 0.4) is 0 Å². The number of carbonyl (C=O) groups excluding carboxylic acids is 1. The Morgan fingerprint density at radius 2 is 2.37 bits per heavy atom. The van der Waals surface area contributed by atoms with E-state index in [-0.39, 0.29) is 5.91 Å². The smallest absolute Gasteiger partial charge is 0.220 e. The Morgan fingerprint density at radius 1 is 1.53 bits per heavy atom. The van der Waals surface area contributed by atoms with Gasteiger partial charge in [0.05, 0.1) is 0 Å². The Kier molecular flexibility index (Phi) is 5.40. The highest BCUT2D eigenvalue weighted by Gasteiger charge is 2.19. The van der Waals surface area contributed by atoms with Crippen LogP contribution in [-0.4, -0.2) is 24.5 Å². The standard InChI is InChI=1S/C15H21BrN2O/c1-11-9-14(7-8-17-11)18-15(19)6-5-12-3-2-4-13(16)10-12/h2-4,10-11,14,17H,5-9H2,1H3,(H,18,19). The number of hydrogen-bond acceptors (Lipinski definition) is 2. The molecule has 4 heteroatoms. The number of halogens is 1. The quantitative estimate of drug-likeness (QED) is 0.894. The lowest BCUT2D eigenvalue weighted by molar-refractivity contribution is -0.122. The first-order valence-corrected chi connectivity index (χ1v) is 7.70. The molecule has 2 atom stereocenters. The van der Waals surface area contributed by atoms with Crippen molar-refractivity contribution < 1.29 is 4.79 Å². The number of hydrogen-bond donors (Lipinski definition) is 2. The lowest BCUT2D eigenvalue weighted by Crippen LogP contribution is -2.46. The molecule has 1 aromatic rings. The molecular formula is C15H21BrN2O. The van der Waals surface area contributed by atoms with Crippen molar-refractivity contribution in [3.8, 4) is 0 Å². The molecule has 1 aliphatic heterocycles. The molecule has 0 bridgehead atoms. The zero-order valence-corrected chi connectivity index (χ0v) is 12.9. The van der Waals surface area contributed by atoms with Crippen LogP contribution in [-0.2, 0) is 11.2 Å². The molecule has 1 heterocycles. The van der Waals surface area contributed by atoms with Crippen LogP contribution < -0.4 is 10.6 Å². The first-order chi connectivity index (χ1) is 9.13. The molecule has 1 amide bonds. The van der Waals surface area contributed by atoms with Gasteiger partial charge in [-0.05, 0) is 50.4 Å². The van der Waals surface area contributed by atoms with E-state index in [2.05, 4.69) is 45.6 Å². The monoisotopic (exact) mass is 324 g/mol. The highest BCUT2D eigenvalue weighted by atomic mass is 79.9. The lowest BCUT2D eigenvalue weighted by Gasteiger charge is -2.28. The van der Waals surface area contributed by atoms with Gasteiger partial charge in [0.15, 0.2) is 0 Å². The fourth-order valence-electron chi connectivity index (χ4n) is 2.51. The fourth-order valence-corrected chi connectivity index (χ4v) is 2.96. The van der Waals surface area contributed by atoms with Crippen molar-refractivity contribution in [2.24, 2.45) is 0 Å². The summed E-state index contributed by atoms with van der Waals surface area (Å²) in [4.78, 5) is 11.9. The predicted molar refractivity (Wildman–Crippen MR) is 81.1 cm³/mol. The van der Waals surface area contributed by atoms with E-state index in [9.17, 15) is 4.79 Å². The third-order valence-corrected chi connectivity index (χ3v) is 4.01. The maximum atomic E-state index is 11.9. The van der Waals surface area contributed by atoms with Gasteiger partial charge in [0.25, 0.3) is 0 Å². The van der Waals surface area contributed by atoms with Crippen LogP contribution in [0.5, 0.6) is 0 Å². The molecule has 2 unspecified atom stereocenters. The van der Waals surface area contributed by atoms with Crippen molar-refractivity contribution in [3.05, 3.63) is 34.3 Å². The molecule has 0 aliphatic carbocycles. The molecule has 3 nitrogen and oxygen atoms in total. The van der Waals surface area contributed by atoms with E-state index in [1.54, 1.807) is 0 Å².